The van der Waals surface area contributed by atoms with Crippen molar-refractivity contribution in [2.24, 2.45) is 0 Å². The van der Waals surface area contributed by atoms with Crippen LogP contribution in [0.3, 0.4) is 0 Å². The first kappa shape index (κ1) is 22.8. The molecule has 2 heterocycles. The molecular weight excluding hydrogens is 438 g/mol. The Morgan fingerprint density at radius 3 is 2.67 bits per heavy atom. The summed E-state index contributed by atoms with van der Waals surface area (Å²) in [7, 11) is 1.59. The first-order valence-electron chi connectivity index (χ1n) is 10.7. The van der Waals surface area contributed by atoms with Crippen molar-refractivity contribution >= 4 is 23.7 Å². The van der Waals surface area contributed by atoms with E-state index in [-0.39, 0.29) is 12.0 Å². The van der Waals surface area contributed by atoms with E-state index in [1.165, 1.54) is 12.1 Å². The largest absolute Gasteiger partial charge is 0.486 e. The van der Waals surface area contributed by atoms with Gasteiger partial charge in [0.25, 0.3) is 5.91 Å². The van der Waals surface area contributed by atoms with Crippen molar-refractivity contribution in [3.63, 3.8) is 0 Å². The molecule has 1 saturated heterocycles. The molecule has 1 N–H and O–H groups in total. The van der Waals surface area contributed by atoms with E-state index >= 15 is 0 Å². The maximum Gasteiger partial charge on any atom is 0.251 e. The van der Waals surface area contributed by atoms with E-state index in [0.29, 0.717) is 18.2 Å². The van der Waals surface area contributed by atoms with E-state index in [0.717, 1.165) is 46.9 Å². The molecule has 2 aromatic rings. The second-order valence-electron chi connectivity index (χ2n) is 7.62. The Bertz CT molecular complexity index is 1110. The van der Waals surface area contributed by atoms with Gasteiger partial charge in [0.1, 0.15) is 29.9 Å². The maximum atomic E-state index is 11.4. The predicted molar refractivity (Wildman–Crippen MR) is 130 cm³/mol. The predicted octanol–water partition coefficient (Wildman–Crippen LogP) is 4.90. The van der Waals surface area contributed by atoms with E-state index in [2.05, 4.69) is 16.3 Å². The number of rotatable bonds is 8. The van der Waals surface area contributed by atoms with Crippen molar-refractivity contribution in [2.75, 3.05) is 18.0 Å². The van der Waals surface area contributed by atoms with Gasteiger partial charge >= 0.3 is 0 Å². The summed E-state index contributed by atoms with van der Waals surface area (Å²) in [4.78, 5) is 15.8. The summed E-state index contributed by atoms with van der Waals surface area (Å²) < 4.78 is 22.3. The maximum absolute atomic E-state index is 11.4. The number of aryl methyl sites for hydroxylation is 1. The Morgan fingerprint density at radius 2 is 2.06 bits per heavy atom. The average molecular weight is 466 g/mol. The molecule has 1 aromatic heterocycles. The molecule has 8 heteroatoms. The van der Waals surface area contributed by atoms with Crippen molar-refractivity contribution < 1.29 is 19.0 Å². The Hall–Kier alpha value is -3.39. The molecule has 1 unspecified atom stereocenters. The van der Waals surface area contributed by atoms with Crippen LogP contribution < -0.4 is 23.2 Å². The summed E-state index contributed by atoms with van der Waals surface area (Å²) in [5.41, 5.74) is 3.82. The molecule has 0 radical (unpaired) electrons. The van der Waals surface area contributed by atoms with Crippen LogP contribution in [0, 0.1) is 6.92 Å². The van der Waals surface area contributed by atoms with Crippen LogP contribution in [0.5, 0.6) is 17.4 Å². The highest BCUT2D eigenvalue weighted by molar-refractivity contribution is 7.99. The van der Waals surface area contributed by atoms with Gasteiger partial charge in [-0.3, -0.25) is 13.8 Å². The first-order valence-corrected chi connectivity index (χ1v) is 11.5. The lowest BCUT2D eigenvalue weighted by Crippen LogP contribution is -2.16. The third kappa shape index (κ3) is 5.01. The third-order valence-corrected chi connectivity index (χ3v) is 6.41. The monoisotopic (exact) mass is 465 g/mol. The lowest BCUT2D eigenvalue weighted by atomic mass is 10.1. The van der Waals surface area contributed by atoms with Gasteiger partial charge in [-0.1, -0.05) is 12.7 Å². The molecule has 1 amide bonds. The Balaban J connectivity index is 1.48. The van der Waals surface area contributed by atoms with Crippen molar-refractivity contribution in [3.05, 3.63) is 77.7 Å². The van der Waals surface area contributed by atoms with Crippen LogP contribution in [0.2, 0.25) is 0 Å². The van der Waals surface area contributed by atoms with E-state index in [9.17, 15) is 4.79 Å². The highest BCUT2D eigenvalue weighted by atomic mass is 32.2. The number of nitrogens with one attached hydrogen (secondary N) is 1. The van der Waals surface area contributed by atoms with Crippen LogP contribution in [0.1, 0.15) is 25.5 Å². The summed E-state index contributed by atoms with van der Waals surface area (Å²) >= 11 is 1.30. The van der Waals surface area contributed by atoms with Crippen molar-refractivity contribution in [2.45, 2.75) is 32.8 Å². The highest BCUT2D eigenvalue weighted by Crippen LogP contribution is 2.37. The van der Waals surface area contributed by atoms with E-state index in [1.54, 1.807) is 13.2 Å². The molecule has 1 fully saturated rings. The van der Waals surface area contributed by atoms with Crippen LogP contribution >= 0.6 is 12.1 Å². The number of pyridine rings is 1. The van der Waals surface area contributed by atoms with Gasteiger partial charge < -0.3 is 14.2 Å². The van der Waals surface area contributed by atoms with Crippen molar-refractivity contribution in [1.29, 1.82) is 0 Å². The summed E-state index contributed by atoms with van der Waals surface area (Å²) in [6, 6.07) is 11.4. The molecule has 4 rings (SSSR count). The fourth-order valence-electron chi connectivity index (χ4n) is 3.87. The number of aromatic nitrogens is 1. The number of anilines is 1. The van der Waals surface area contributed by atoms with Gasteiger partial charge in [0, 0.05) is 17.3 Å². The van der Waals surface area contributed by atoms with E-state index in [1.807, 2.05) is 60.6 Å². The fourth-order valence-corrected chi connectivity index (χ4v) is 4.56. The summed E-state index contributed by atoms with van der Waals surface area (Å²) in [6.45, 7) is 8.22. The molecule has 0 spiro atoms. The zero-order valence-electron chi connectivity index (χ0n) is 19.0. The quantitative estimate of drug-likeness (QED) is 0.439. The number of carbonyl (C=O) groups excluding carboxylic acids is 1. The molecule has 33 heavy (non-hydrogen) atoms. The third-order valence-electron chi connectivity index (χ3n) is 5.53. The minimum Gasteiger partial charge on any atom is -0.486 e. The smallest absolute Gasteiger partial charge is 0.251 e. The van der Waals surface area contributed by atoms with Gasteiger partial charge in [-0.15, -0.1) is 0 Å². The number of carbonyl (C=O) groups is 1. The van der Waals surface area contributed by atoms with Crippen LogP contribution in [-0.4, -0.2) is 30.6 Å². The number of benzene rings is 1. The minimum absolute atomic E-state index is 0.00203. The number of hydrogen-bond donors (Lipinski definition) is 1. The lowest BCUT2D eigenvalue weighted by molar-refractivity contribution is -0.117. The normalized spacial score (nSPS) is 18.4. The first-order chi connectivity index (χ1) is 16.0. The zero-order chi connectivity index (χ0) is 23.4. The molecule has 1 atom stereocenters. The minimum atomic E-state index is -0.110. The van der Waals surface area contributed by atoms with E-state index < -0.39 is 0 Å². The molecule has 1 aliphatic carbocycles. The average Bonchev–Trinajstić information content (AvgIpc) is 3.44. The summed E-state index contributed by atoms with van der Waals surface area (Å²) in [5.74, 6) is 2.80. The van der Waals surface area contributed by atoms with E-state index in [4.69, 9.17) is 14.2 Å². The molecule has 1 aromatic carbocycles. The van der Waals surface area contributed by atoms with Crippen molar-refractivity contribution in [1.82, 2.24) is 9.71 Å². The standard InChI is InChI=1S/C25H27N3O4S/c1-5-19-20(21(6-2)32-22-13-14-25(30-4)26-16(22)3)11-12-23(19)31-18-9-7-17(8-10-18)28-15-24(29)27-33-28/h5-10,13-14,23H,1,11-12,15H2,2-4H3,(H,27,29)/b21-6+. The van der Waals surface area contributed by atoms with Crippen molar-refractivity contribution in [3.8, 4) is 17.4 Å². The summed E-state index contributed by atoms with van der Waals surface area (Å²) in [6.07, 6.45) is 5.36. The second kappa shape index (κ2) is 10.0. The Labute approximate surface area is 198 Å². The van der Waals surface area contributed by atoms with Gasteiger partial charge in [0.05, 0.1) is 24.9 Å². The SMILES string of the molecule is C=CC1=C(/C(=C\C)Oc2ccc(OC)nc2C)CCC1Oc1ccc(N2CC(=O)NS2)cc1. The number of nitrogens with zero attached hydrogens (tertiary/aromatic N) is 2. The van der Waals surface area contributed by atoms with Crippen LogP contribution in [0.25, 0.3) is 0 Å². The molecule has 0 saturated carbocycles. The van der Waals surface area contributed by atoms with Crippen LogP contribution in [0.15, 0.2) is 72.0 Å². The number of ether oxygens (including phenoxy) is 3. The lowest BCUT2D eigenvalue weighted by Gasteiger charge is -2.18. The number of amides is 1. The molecular formula is C25H27N3O4S. The van der Waals surface area contributed by atoms with Gasteiger partial charge in [-0.05, 0) is 68.7 Å². The van der Waals surface area contributed by atoms with Crippen LogP contribution in [-0.2, 0) is 4.79 Å². The number of hydrogen-bond acceptors (Lipinski definition) is 7. The van der Waals surface area contributed by atoms with Gasteiger partial charge in [0.2, 0.25) is 5.88 Å². The molecule has 1 aliphatic heterocycles. The number of methoxy groups -OCH3 is 1. The highest BCUT2D eigenvalue weighted by Gasteiger charge is 2.28. The Morgan fingerprint density at radius 1 is 1.27 bits per heavy atom. The Kier molecular flexibility index (Phi) is 6.93. The molecule has 172 valence electrons. The van der Waals surface area contributed by atoms with Crippen LogP contribution in [0.4, 0.5) is 5.69 Å². The topological polar surface area (TPSA) is 72.9 Å². The fraction of sp³-hybridized carbons (Fsp3) is 0.280. The molecule has 2 aliphatic rings. The zero-order valence-corrected chi connectivity index (χ0v) is 19.8. The van der Waals surface area contributed by atoms with Gasteiger partial charge in [0.15, 0.2) is 0 Å². The van der Waals surface area contributed by atoms with Gasteiger partial charge in [-0.25, -0.2) is 4.98 Å². The van der Waals surface area contributed by atoms with Gasteiger partial charge in [-0.2, -0.15) is 0 Å². The molecule has 7 nitrogen and oxygen atoms in total. The summed E-state index contributed by atoms with van der Waals surface area (Å²) in [5, 5.41) is 0. The molecule has 0 bridgehead atoms. The second-order valence-corrected chi connectivity index (χ2v) is 8.45. The number of allylic oxidation sites excluding steroid dienone is 2.